The van der Waals surface area contributed by atoms with Gasteiger partial charge in [-0.2, -0.15) is 0 Å². The number of carbonyl (C=O) groups excluding carboxylic acids is 8. The molecule has 20 N–H and O–H groups in total. The number of halogens is 2. The zero-order chi connectivity index (χ0) is 75.3. The number of hydrogen-bond acceptors (Lipinski definition) is 25. The van der Waals surface area contributed by atoms with E-state index >= 15 is 9.59 Å². The highest BCUT2D eigenvalue weighted by atomic mass is 35.5. The van der Waals surface area contributed by atoms with Gasteiger partial charge < -0.3 is 142 Å². The number of ether oxygens (including phenoxy) is 6. The lowest BCUT2D eigenvalue weighted by Gasteiger charge is -2.45. The van der Waals surface area contributed by atoms with Crippen LogP contribution in [0.15, 0.2) is 78.9 Å². The Balaban J connectivity index is 0.0000125. The Morgan fingerprint density at radius 3 is 1.88 bits per heavy atom. The largest absolute Gasteiger partial charge is 0.548 e. The second-order valence-corrected chi connectivity index (χ2v) is 28.4. The number of phenolic OH excluding ortho intramolecular Hbond substituents is 3. The molecule has 0 aliphatic carbocycles. The quantitative estimate of drug-likeness (QED) is 0.0553. The Kier molecular flexibility index (Phi) is 23.7. The van der Waals surface area contributed by atoms with Gasteiger partial charge in [-0.25, -0.2) is 0 Å². The average molecular weight is 1500 g/mol. The minimum absolute atomic E-state index is 0. The second kappa shape index (κ2) is 31.2. The van der Waals surface area contributed by atoms with E-state index in [1.165, 1.54) is 13.0 Å². The van der Waals surface area contributed by atoms with Crippen LogP contribution in [-0.2, 0) is 52.6 Å². The van der Waals surface area contributed by atoms with Gasteiger partial charge >= 0.3 is 0 Å². The van der Waals surface area contributed by atoms with Crippen molar-refractivity contribution in [3.63, 3.8) is 0 Å². The summed E-state index contributed by atoms with van der Waals surface area (Å²) in [5.74, 6) is -17.4. The maximum absolute atomic E-state index is 15.9. The summed E-state index contributed by atoms with van der Waals surface area (Å²) >= 11 is 14.1. The zero-order valence-corrected chi connectivity index (χ0v) is 58.2. The number of rotatable bonds is 12. The van der Waals surface area contributed by atoms with Gasteiger partial charge in [-0.1, -0.05) is 55.2 Å². The number of aliphatic hydroxyl groups excluding tert-OH is 6. The lowest BCUT2D eigenvalue weighted by atomic mass is 9.86. The van der Waals surface area contributed by atoms with E-state index in [1.54, 1.807) is 28.1 Å². The molecule has 18 atom stereocenters. The number of aromatic hydroxyl groups is 3. The number of nitrogens with zero attached hydrogens (tertiary/aromatic N) is 1. The maximum Gasteiger partial charge on any atom is 0.279 e. The van der Waals surface area contributed by atoms with Crippen LogP contribution in [0, 0.1) is 5.92 Å². The van der Waals surface area contributed by atoms with E-state index in [9.17, 15) is 84.9 Å². The van der Waals surface area contributed by atoms with Crippen molar-refractivity contribution in [1.82, 2.24) is 31.9 Å². The lowest BCUT2D eigenvalue weighted by molar-refractivity contribution is -0.887. The van der Waals surface area contributed by atoms with Crippen LogP contribution < -0.4 is 62.1 Å². The topological polar surface area (TPSA) is 551 Å². The highest BCUT2D eigenvalue weighted by molar-refractivity contribution is 6.32. The first-order chi connectivity index (χ1) is 48.3. The predicted octanol–water partition coefficient (Wildman–Crippen LogP) is -3.02. The lowest BCUT2D eigenvalue weighted by Crippen LogP contribution is -2.81. The van der Waals surface area contributed by atoms with Crippen LogP contribution in [0.5, 0.6) is 46.0 Å². The first kappa shape index (κ1) is 78.9. The summed E-state index contributed by atoms with van der Waals surface area (Å²) in [4.78, 5) is 116. The summed E-state index contributed by atoms with van der Waals surface area (Å²) in [6.45, 7) is 5.84. The summed E-state index contributed by atoms with van der Waals surface area (Å²) in [7, 11) is 5.11. The predicted molar refractivity (Wildman–Crippen MR) is 354 cm³/mol. The van der Waals surface area contributed by atoms with Gasteiger partial charge in [0, 0.05) is 23.6 Å². The number of carboxylic acid groups (broad SMARTS) is 2. The molecule has 2 saturated heterocycles. The second-order valence-electron chi connectivity index (χ2n) is 27.5. The minimum Gasteiger partial charge on any atom is -0.548 e. The molecule has 0 spiro atoms. The normalized spacial score (nSPS) is 29.1. The zero-order valence-electron chi connectivity index (χ0n) is 56.7. The molecule has 2 fully saturated rings. The van der Waals surface area contributed by atoms with Crippen molar-refractivity contribution in [2.45, 2.75) is 156 Å². The van der Waals surface area contributed by atoms with Crippen molar-refractivity contribution in [2.75, 3.05) is 27.7 Å². The summed E-state index contributed by atoms with van der Waals surface area (Å²) in [6.07, 6.45) is -18.5. The number of phenols is 3. The number of carboxylic acids is 2. The Labute approximate surface area is 602 Å². The van der Waals surface area contributed by atoms with Crippen molar-refractivity contribution in [3.05, 3.63) is 117 Å². The van der Waals surface area contributed by atoms with E-state index in [0.29, 0.717) is 0 Å². The average Bonchev–Trinajstić information content (AvgIpc) is 0.796. The molecule has 0 aromatic heterocycles. The molecule has 562 valence electrons. The summed E-state index contributed by atoms with van der Waals surface area (Å²) < 4.78 is 38.4. The van der Waals surface area contributed by atoms with E-state index in [-0.39, 0.29) is 51.2 Å². The maximum atomic E-state index is 15.9. The Hall–Kier alpha value is -9.24. The number of likely N-dealkylation sites (N-methyl/N-ethyl adjacent to an activating group) is 1. The molecule has 104 heavy (non-hydrogen) atoms. The van der Waals surface area contributed by atoms with Gasteiger partial charge in [0.2, 0.25) is 41.6 Å². The Morgan fingerprint density at radius 2 is 1.31 bits per heavy atom. The molecule has 18 unspecified atom stereocenters. The molecule has 6 amide bonds. The number of carbonyl (C=O) groups is 8. The minimum atomic E-state index is -2.38. The van der Waals surface area contributed by atoms with Gasteiger partial charge in [0.05, 0.1) is 80.8 Å². The fraction of sp³-hybridized carbons (Fsp3) is 0.441. The SMILES string of the molecule is CC(C)CC(C(=O)NC1C(=O)NC(C(=O)[O-])CC(=O)NC2C(=O)NC3C(=O)NC(C(=O)NC(C(=O)[O-])c4cc(O)cc(O)c4-c4cc3ccc4O)C(O)c3ccc(c(Cl)c3)Oc3cc2cc(c3OC2OC(CO)C(O)C(O)C2OC2CC(C)([NH3+])C(O)C(C)O2)Oc2ccc(cc2Cl)C1O)[N+](C)(C)C.O. The first-order valence-corrected chi connectivity index (χ1v) is 33.1. The number of amides is 6. The van der Waals surface area contributed by atoms with Gasteiger partial charge in [-0.3, -0.25) is 28.8 Å². The number of hydrogen-bond donors (Lipinski definition) is 16. The number of nitrogens with one attached hydrogen (secondary N) is 6. The smallest absolute Gasteiger partial charge is 0.279 e. The molecule has 12 rings (SSSR count). The van der Waals surface area contributed by atoms with Gasteiger partial charge in [0.1, 0.15) is 95.1 Å². The Morgan fingerprint density at radius 1 is 0.712 bits per heavy atom. The molecule has 7 aliphatic heterocycles. The highest BCUT2D eigenvalue weighted by Crippen LogP contribution is 2.50. The molecule has 36 heteroatoms. The van der Waals surface area contributed by atoms with Crippen molar-refractivity contribution in [3.8, 4) is 57.1 Å². The highest BCUT2D eigenvalue weighted by Gasteiger charge is 2.52. The summed E-state index contributed by atoms with van der Waals surface area (Å²) in [5.41, 5.74) is -0.118. The number of fused-ring (bicyclic) bond motifs is 16. The Bertz CT molecular complexity index is 4160. The molecular formula is C68H80Cl2N8O26. The molecular weight excluding hydrogens is 1420 g/mol. The van der Waals surface area contributed by atoms with Crippen LogP contribution in [0.25, 0.3) is 11.1 Å². The number of aliphatic carboxylic acids is 2. The van der Waals surface area contributed by atoms with Gasteiger partial charge in [-0.05, 0) is 102 Å². The number of benzene rings is 5. The third-order valence-electron chi connectivity index (χ3n) is 18.4. The molecule has 7 heterocycles. The fourth-order valence-corrected chi connectivity index (χ4v) is 13.3. The van der Waals surface area contributed by atoms with Crippen LogP contribution >= 0.6 is 23.2 Å². The third kappa shape index (κ3) is 16.6. The molecule has 11 bridgehead atoms. The number of aliphatic hydroxyl groups is 6. The van der Waals surface area contributed by atoms with Crippen molar-refractivity contribution in [1.29, 1.82) is 0 Å². The van der Waals surface area contributed by atoms with Crippen LogP contribution in [0.4, 0.5) is 0 Å². The van der Waals surface area contributed by atoms with E-state index < -0.39 is 242 Å². The van der Waals surface area contributed by atoms with Crippen molar-refractivity contribution < 1.29 is 139 Å². The fourth-order valence-electron chi connectivity index (χ4n) is 12.9. The van der Waals surface area contributed by atoms with Gasteiger partial charge in [-0.15, -0.1) is 0 Å². The van der Waals surface area contributed by atoms with E-state index in [0.717, 1.165) is 72.8 Å². The van der Waals surface area contributed by atoms with Crippen molar-refractivity contribution >= 4 is 70.6 Å². The monoisotopic (exact) mass is 1490 g/mol. The van der Waals surface area contributed by atoms with Gasteiger partial charge in [0.25, 0.3) is 5.91 Å². The molecule has 34 nitrogen and oxygen atoms in total. The van der Waals surface area contributed by atoms with Crippen LogP contribution in [0.3, 0.4) is 0 Å². The van der Waals surface area contributed by atoms with Crippen LogP contribution in [0.2, 0.25) is 10.0 Å². The molecule has 5 aromatic carbocycles. The van der Waals surface area contributed by atoms with Crippen molar-refractivity contribution in [2.24, 2.45) is 5.92 Å². The van der Waals surface area contributed by atoms with Gasteiger partial charge in [0.15, 0.2) is 29.9 Å². The third-order valence-corrected chi connectivity index (χ3v) is 18.9. The van der Waals surface area contributed by atoms with Crippen LogP contribution in [0.1, 0.15) is 105 Å². The van der Waals surface area contributed by atoms with E-state index in [4.69, 9.17) is 51.6 Å². The number of quaternary nitrogens is 2. The summed E-state index contributed by atoms with van der Waals surface area (Å²) in [5, 5.41) is 143. The van der Waals surface area contributed by atoms with E-state index in [2.05, 4.69) is 37.6 Å². The molecule has 5 aromatic rings. The first-order valence-electron chi connectivity index (χ1n) is 32.4. The molecule has 0 saturated carbocycles. The van der Waals surface area contributed by atoms with E-state index in [1.807, 2.05) is 13.8 Å². The molecule has 0 radical (unpaired) electrons. The van der Waals surface area contributed by atoms with Crippen LogP contribution in [-0.4, -0.2) is 210 Å². The standard InChI is InChI=1S/C68H78Cl2N8O25.H2O/c1-25(2)14-37(78(5,6)7)60(89)76-51-53(84)28-9-12-40(34(69)16-28)99-42-18-30-19-43(57(42)103-67-58(56(87)55(86)44(24-79)101-67)102-46-23-68(4,71)59(88)26(3)98-46)100-41-13-10-29(17-35(41)70)54(85)52-64(93)75-50(66(96)97)33-20-31(80)21-39(82)47(33)32-15-27(8-11-38(32)81)48(61(90)77-52)74-62(91)49(30)73-45(83)22-36(65(94)95)72-63(51)92;/h8-13,15-21,25-26,36-37,44,46,48-56,58-59,67,79,84-88H,14,22-24,71H2,1-7H3,(H10-,72,73,74,75,76,77,80,81,82,83,89,90,91,92,93,94,95,96,97);1H2. The summed E-state index contributed by atoms with van der Waals surface area (Å²) in [6, 6.07) is -1.30. The molecule has 7 aliphatic rings.